The lowest BCUT2D eigenvalue weighted by Gasteiger charge is -2.26. The number of carbonyl (C=O) groups excluding carboxylic acids is 2. The van der Waals surface area contributed by atoms with E-state index in [1.165, 1.54) is 0 Å². The highest BCUT2D eigenvalue weighted by Gasteiger charge is 2.27. The predicted octanol–water partition coefficient (Wildman–Crippen LogP) is 2.41. The van der Waals surface area contributed by atoms with E-state index in [-0.39, 0.29) is 24.3 Å². The van der Waals surface area contributed by atoms with Crippen LogP contribution < -0.4 is 10.6 Å². The minimum absolute atomic E-state index is 0.0904. The molecule has 3 rings (SSSR count). The lowest BCUT2D eigenvalue weighted by atomic mass is 9.97. The van der Waals surface area contributed by atoms with Crippen molar-refractivity contribution in [3.8, 4) is 0 Å². The third-order valence-corrected chi connectivity index (χ3v) is 4.09. The van der Waals surface area contributed by atoms with Gasteiger partial charge in [-0.2, -0.15) is 5.10 Å². The second-order valence-electron chi connectivity index (χ2n) is 5.73. The van der Waals surface area contributed by atoms with Gasteiger partial charge in [0, 0.05) is 17.9 Å². The average Bonchev–Trinajstić information content (AvgIpc) is 2.89. The number of para-hydroxylation sites is 1. The van der Waals surface area contributed by atoms with E-state index >= 15 is 0 Å². The molecule has 0 bridgehead atoms. The lowest BCUT2D eigenvalue weighted by molar-refractivity contribution is -0.116. The van der Waals surface area contributed by atoms with Gasteiger partial charge >= 0.3 is 0 Å². The Hall–Kier alpha value is -2.63. The first kappa shape index (κ1) is 15.3. The van der Waals surface area contributed by atoms with Crippen LogP contribution in [0.4, 0.5) is 5.69 Å². The molecule has 0 saturated carbocycles. The molecule has 2 N–H and O–H groups in total. The highest BCUT2D eigenvalue weighted by atomic mass is 16.2. The van der Waals surface area contributed by atoms with E-state index in [0.717, 1.165) is 29.9 Å². The fourth-order valence-corrected chi connectivity index (χ4v) is 2.88. The van der Waals surface area contributed by atoms with Crippen molar-refractivity contribution in [3.05, 3.63) is 47.3 Å². The van der Waals surface area contributed by atoms with Gasteiger partial charge in [0.15, 0.2) is 0 Å². The zero-order chi connectivity index (χ0) is 16.4. The number of fused-ring (bicyclic) bond motifs is 1. The largest absolute Gasteiger partial charge is 0.345 e. The molecule has 2 amide bonds. The first-order valence-electron chi connectivity index (χ1n) is 7.82. The van der Waals surface area contributed by atoms with Crippen molar-refractivity contribution < 1.29 is 9.59 Å². The topological polar surface area (TPSA) is 76.0 Å². The first-order chi connectivity index (χ1) is 11.1. The predicted molar refractivity (Wildman–Crippen MR) is 87.2 cm³/mol. The number of nitrogens with zero attached hydrogens (tertiary/aromatic N) is 2. The van der Waals surface area contributed by atoms with Gasteiger partial charge in [-0.15, -0.1) is 0 Å². The van der Waals surface area contributed by atoms with E-state index in [0.29, 0.717) is 5.56 Å². The van der Waals surface area contributed by atoms with E-state index in [4.69, 9.17) is 0 Å². The Bertz CT molecular complexity index is 751. The normalized spacial score (nSPS) is 16.6. The fraction of sp³-hybridized carbons (Fsp3) is 0.353. The number of aryl methyl sites for hydroxylation is 1. The van der Waals surface area contributed by atoms with E-state index < -0.39 is 0 Å². The Kier molecular flexibility index (Phi) is 4.14. The summed E-state index contributed by atoms with van der Waals surface area (Å²) in [6.45, 7) is 4.74. The number of rotatable bonds is 4. The maximum atomic E-state index is 12.6. The summed E-state index contributed by atoms with van der Waals surface area (Å²) in [6.07, 6.45) is 2.79. The molecule has 0 saturated heterocycles. The van der Waals surface area contributed by atoms with Crippen molar-refractivity contribution in [2.45, 2.75) is 39.3 Å². The van der Waals surface area contributed by atoms with Gasteiger partial charge in [-0.25, -0.2) is 0 Å². The Morgan fingerprint density at radius 3 is 3.00 bits per heavy atom. The maximum absolute atomic E-state index is 12.6. The molecule has 0 fully saturated rings. The van der Waals surface area contributed by atoms with Crippen LogP contribution in [0.1, 0.15) is 47.4 Å². The second-order valence-corrected chi connectivity index (χ2v) is 5.73. The first-order valence-corrected chi connectivity index (χ1v) is 7.82. The van der Waals surface area contributed by atoms with Crippen LogP contribution in [0.2, 0.25) is 0 Å². The van der Waals surface area contributed by atoms with Gasteiger partial charge in [0.05, 0.1) is 24.2 Å². The SMILES string of the molecule is CCCn1ncc(C(=O)N[C@H]2CC(=O)Nc3ccccc32)c1C. The molecule has 1 aliphatic heterocycles. The number of carbonyl (C=O) groups is 2. The highest BCUT2D eigenvalue weighted by Crippen LogP contribution is 2.30. The third kappa shape index (κ3) is 2.97. The van der Waals surface area contributed by atoms with E-state index in [1.807, 2.05) is 35.9 Å². The number of amides is 2. The second kappa shape index (κ2) is 6.24. The molecule has 1 aromatic carbocycles. The summed E-state index contributed by atoms with van der Waals surface area (Å²) in [5.41, 5.74) is 3.09. The van der Waals surface area contributed by atoms with Crippen LogP contribution in [0.3, 0.4) is 0 Å². The monoisotopic (exact) mass is 312 g/mol. The summed E-state index contributed by atoms with van der Waals surface area (Å²) in [5, 5.41) is 10.0. The summed E-state index contributed by atoms with van der Waals surface area (Å²) < 4.78 is 1.83. The molecule has 120 valence electrons. The average molecular weight is 312 g/mol. The smallest absolute Gasteiger partial charge is 0.255 e. The fourth-order valence-electron chi connectivity index (χ4n) is 2.88. The molecular formula is C17H20N4O2. The van der Waals surface area contributed by atoms with Crippen LogP contribution in [0.25, 0.3) is 0 Å². The van der Waals surface area contributed by atoms with Gasteiger partial charge in [0.2, 0.25) is 5.91 Å². The van der Waals surface area contributed by atoms with Crippen molar-refractivity contribution in [1.29, 1.82) is 0 Å². The van der Waals surface area contributed by atoms with Crippen molar-refractivity contribution in [1.82, 2.24) is 15.1 Å². The molecule has 0 unspecified atom stereocenters. The van der Waals surface area contributed by atoms with Gasteiger partial charge < -0.3 is 10.6 Å². The Morgan fingerprint density at radius 2 is 2.22 bits per heavy atom. The minimum Gasteiger partial charge on any atom is -0.345 e. The van der Waals surface area contributed by atoms with E-state index in [2.05, 4.69) is 22.7 Å². The molecule has 1 aliphatic rings. The number of benzene rings is 1. The molecule has 0 radical (unpaired) electrons. The Morgan fingerprint density at radius 1 is 1.43 bits per heavy atom. The molecule has 6 heteroatoms. The molecule has 1 aromatic heterocycles. The standard InChI is InChI=1S/C17H20N4O2/c1-3-8-21-11(2)13(10-18-21)17(23)20-15-9-16(22)19-14-7-5-4-6-12(14)15/h4-7,10,15H,3,8-9H2,1-2H3,(H,19,22)(H,20,23)/t15-/m0/s1. The van der Waals surface area contributed by atoms with E-state index in [1.54, 1.807) is 6.20 Å². The van der Waals surface area contributed by atoms with Gasteiger partial charge in [0.1, 0.15) is 0 Å². The summed E-state index contributed by atoms with van der Waals surface area (Å²) in [7, 11) is 0. The quantitative estimate of drug-likeness (QED) is 0.910. The minimum atomic E-state index is -0.318. The number of aromatic nitrogens is 2. The van der Waals surface area contributed by atoms with Crippen LogP contribution in [0, 0.1) is 6.92 Å². The molecule has 2 heterocycles. The van der Waals surface area contributed by atoms with E-state index in [9.17, 15) is 9.59 Å². The third-order valence-electron chi connectivity index (χ3n) is 4.09. The highest BCUT2D eigenvalue weighted by molar-refractivity contribution is 5.98. The molecule has 23 heavy (non-hydrogen) atoms. The van der Waals surface area contributed by atoms with Gasteiger partial charge in [-0.3, -0.25) is 14.3 Å². The van der Waals surface area contributed by atoms with Crippen LogP contribution >= 0.6 is 0 Å². The summed E-state index contributed by atoms with van der Waals surface area (Å²) in [5.74, 6) is -0.285. The Labute approximate surface area is 134 Å². The number of hydrogen-bond acceptors (Lipinski definition) is 3. The van der Waals surface area contributed by atoms with Crippen LogP contribution in [-0.4, -0.2) is 21.6 Å². The number of anilines is 1. The zero-order valence-corrected chi connectivity index (χ0v) is 13.3. The van der Waals surface area contributed by atoms with Crippen molar-refractivity contribution in [2.75, 3.05) is 5.32 Å². The molecule has 0 aliphatic carbocycles. The van der Waals surface area contributed by atoms with Gasteiger partial charge in [0.25, 0.3) is 5.91 Å². The maximum Gasteiger partial charge on any atom is 0.255 e. The molecule has 2 aromatic rings. The molecule has 6 nitrogen and oxygen atoms in total. The van der Waals surface area contributed by atoms with Crippen molar-refractivity contribution in [2.24, 2.45) is 0 Å². The van der Waals surface area contributed by atoms with Crippen molar-refractivity contribution in [3.63, 3.8) is 0 Å². The van der Waals surface area contributed by atoms with Crippen LogP contribution in [0.15, 0.2) is 30.5 Å². The lowest BCUT2D eigenvalue weighted by Crippen LogP contribution is -2.35. The molecule has 0 spiro atoms. The van der Waals surface area contributed by atoms with Crippen LogP contribution in [-0.2, 0) is 11.3 Å². The zero-order valence-electron chi connectivity index (χ0n) is 13.3. The van der Waals surface area contributed by atoms with Crippen molar-refractivity contribution >= 4 is 17.5 Å². The molecule has 1 atom stereocenters. The summed E-state index contributed by atoms with van der Waals surface area (Å²) in [6, 6.07) is 7.21. The van der Waals surface area contributed by atoms with Gasteiger partial charge in [-0.05, 0) is 25.0 Å². The molecular weight excluding hydrogens is 292 g/mol. The van der Waals surface area contributed by atoms with Crippen LogP contribution in [0.5, 0.6) is 0 Å². The number of hydrogen-bond donors (Lipinski definition) is 2. The van der Waals surface area contributed by atoms with Gasteiger partial charge in [-0.1, -0.05) is 25.1 Å². The summed E-state index contributed by atoms with van der Waals surface area (Å²) in [4.78, 5) is 24.4. The Balaban J connectivity index is 1.82. The number of nitrogens with one attached hydrogen (secondary N) is 2. The summed E-state index contributed by atoms with van der Waals surface area (Å²) >= 11 is 0.